The molecule has 3 heterocycles. The predicted molar refractivity (Wildman–Crippen MR) is 126 cm³/mol. The Bertz CT molecular complexity index is 1110. The van der Waals surface area contributed by atoms with Crippen molar-refractivity contribution in [2.45, 2.75) is 71.1 Å². The van der Waals surface area contributed by atoms with Gasteiger partial charge in [-0.15, -0.1) is 10.2 Å². The van der Waals surface area contributed by atoms with Crippen LogP contribution < -0.4 is 0 Å². The van der Waals surface area contributed by atoms with Crippen LogP contribution in [-0.2, 0) is 10.8 Å². The largest absolute Gasteiger partial charge is 0.507 e. The van der Waals surface area contributed by atoms with E-state index < -0.39 is 0 Å². The number of fused-ring (bicyclic) bond motifs is 1. The number of aromatic hydroxyl groups is 1. The summed E-state index contributed by atoms with van der Waals surface area (Å²) in [6.07, 6.45) is 3.72. The van der Waals surface area contributed by atoms with Gasteiger partial charge in [0.25, 0.3) is 5.91 Å². The van der Waals surface area contributed by atoms with E-state index in [4.69, 9.17) is 0 Å². The molecule has 170 valence electrons. The van der Waals surface area contributed by atoms with E-state index in [-0.39, 0.29) is 22.7 Å². The molecule has 1 aromatic carbocycles. The third kappa shape index (κ3) is 4.10. The van der Waals surface area contributed by atoms with Crippen LogP contribution in [0, 0.1) is 0 Å². The number of aromatic nitrogens is 3. The van der Waals surface area contributed by atoms with Gasteiger partial charge in [-0.3, -0.25) is 9.20 Å². The molecule has 1 saturated heterocycles. The number of rotatable bonds is 2. The van der Waals surface area contributed by atoms with Crippen molar-refractivity contribution >= 4 is 11.6 Å². The van der Waals surface area contributed by atoms with Gasteiger partial charge in [-0.05, 0) is 47.9 Å². The summed E-state index contributed by atoms with van der Waals surface area (Å²) in [7, 11) is 0. The first-order valence-corrected chi connectivity index (χ1v) is 11.4. The van der Waals surface area contributed by atoms with E-state index in [2.05, 4.69) is 51.7 Å². The molecule has 1 N–H and O–H groups in total. The number of benzene rings is 1. The molecular formula is C26H34N4O2. The Morgan fingerprint density at radius 3 is 2.12 bits per heavy atom. The van der Waals surface area contributed by atoms with E-state index in [9.17, 15) is 9.90 Å². The van der Waals surface area contributed by atoms with E-state index in [0.717, 1.165) is 35.4 Å². The number of hydrogen-bond donors (Lipinski definition) is 1. The summed E-state index contributed by atoms with van der Waals surface area (Å²) in [5.74, 6) is 1.60. The highest BCUT2D eigenvalue weighted by molar-refractivity contribution is 5.95. The molecule has 1 amide bonds. The normalized spacial score (nSPS) is 16.0. The van der Waals surface area contributed by atoms with E-state index in [1.54, 1.807) is 0 Å². The smallest absolute Gasteiger partial charge is 0.253 e. The van der Waals surface area contributed by atoms with Crippen molar-refractivity contribution in [1.29, 1.82) is 0 Å². The molecular weight excluding hydrogens is 400 g/mol. The maximum absolute atomic E-state index is 13.5. The van der Waals surface area contributed by atoms with Gasteiger partial charge in [0.2, 0.25) is 0 Å². The molecule has 1 aliphatic rings. The van der Waals surface area contributed by atoms with Crippen LogP contribution in [0.15, 0.2) is 36.5 Å². The van der Waals surface area contributed by atoms with Crippen molar-refractivity contribution in [3.05, 3.63) is 59.0 Å². The quantitative estimate of drug-likeness (QED) is 0.613. The molecule has 32 heavy (non-hydrogen) atoms. The van der Waals surface area contributed by atoms with Crippen molar-refractivity contribution in [3.8, 4) is 5.75 Å². The van der Waals surface area contributed by atoms with Crippen LogP contribution in [0.4, 0.5) is 0 Å². The number of hydrogen-bond acceptors (Lipinski definition) is 4. The second-order valence-corrected chi connectivity index (χ2v) is 11.0. The van der Waals surface area contributed by atoms with E-state index in [1.807, 2.05) is 45.8 Å². The molecule has 0 spiro atoms. The van der Waals surface area contributed by atoms with Crippen LogP contribution in [-0.4, -0.2) is 43.6 Å². The van der Waals surface area contributed by atoms with Crippen molar-refractivity contribution in [1.82, 2.24) is 19.5 Å². The molecule has 6 heteroatoms. The third-order valence-corrected chi connectivity index (χ3v) is 6.46. The lowest BCUT2D eigenvalue weighted by molar-refractivity contribution is 0.0710. The first kappa shape index (κ1) is 22.3. The van der Waals surface area contributed by atoms with Crippen LogP contribution in [0.1, 0.15) is 87.6 Å². The lowest BCUT2D eigenvalue weighted by atomic mass is 9.78. The molecule has 0 atom stereocenters. The fraction of sp³-hybridized carbons (Fsp3) is 0.500. The number of phenols is 1. The Morgan fingerprint density at radius 2 is 1.56 bits per heavy atom. The summed E-state index contributed by atoms with van der Waals surface area (Å²) < 4.78 is 2.05. The maximum atomic E-state index is 13.5. The summed E-state index contributed by atoms with van der Waals surface area (Å²) in [5.41, 5.74) is 2.62. The van der Waals surface area contributed by atoms with Crippen molar-refractivity contribution in [2.75, 3.05) is 13.1 Å². The minimum atomic E-state index is -0.262. The summed E-state index contributed by atoms with van der Waals surface area (Å²) >= 11 is 0. The number of nitrogens with zero attached hydrogens (tertiary/aromatic N) is 4. The number of piperidine rings is 1. The zero-order valence-electron chi connectivity index (χ0n) is 20.0. The number of carbonyl (C=O) groups is 1. The molecule has 2 aromatic heterocycles. The predicted octanol–water partition coefficient (Wildman–Crippen LogP) is 5.05. The monoisotopic (exact) mass is 434 g/mol. The molecule has 0 unspecified atom stereocenters. The SMILES string of the molecule is CC(C)(C)c1cc(C(=O)N2CCC(c3nnc4ccccn34)CC2)cc(C(C)(C)C)c1O. The Morgan fingerprint density at radius 1 is 0.969 bits per heavy atom. The van der Waals surface area contributed by atoms with Gasteiger partial charge in [0.15, 0.2) is 5.65 Å². The van der Waals surface area contributed by atoms with Gasteiger partial charge >= 0.3 is 0 Å². The number of likely N-dealkylation sites (tertiary alicyclic amines) is 1. The van der Waals surface area contributed by atoms with Gasteiger partial charge in [0, 0.05) is 41.9 Å². The summed E-state index contributed by atoms with van der Waals surface area (Å²) in [6.45, 7) is 13.8. The molecule has 0 radical (unpaired) electrons. The lowest BCUT2D eigenvalue weighted by Gasteiger charge is -2.33. The number of carbonyl (C=O) groups excluding carboxylic acids is 1. The average molecular weight is 435 g/mol. The number of amides is 1. The van der Waals surface area contributed by atoms with Gasteiger partial charge < -0.3 is 10.0 Å². The van der Waals surface area contributed by atoms with Crippen molar-refractivity contribution < 1.29 is 9.90 Å². The topological polar surface area (TPSA) is 70.7 Å². The Hall–Kier alpha value is -2.89. The van der Waals surface area contributed by atoms with Gasteiger partial charge in [-0.25, -0.2) is 0 Å². The van der Waals surface area contributed by atoms with E-state index in [0.29, 0.717) is 24.4 Å². The molecule has 0 saturated carbocycles. The second kappa shape index (κ2) is 7.91. The van der Waals surface area contributed by atoms with E-state index in [1.165, 1.54) is 0 Å². The zero-order chi connectivity index (χ0) is 23.3. The summed E-state index contributed by atoms with van der Waals surface area (Å²) in [6, 6.07) is 9.67. The Labute approximate surface area is 190 Å². The second-order valence-electron chi connectivity index (χ2n) is 11.0. The highest BCUT2D eigenvalue weighted by Crippen LogP contribution is 2.40. The number of phenolic OH excluding ortho intramolecular Hbond substituents is 1. The zero-order valence-corrected chi connectivity index (χ0v) is 20.0. The maximum Gasteiger partial charge on any atom is 0.253 e. The van der Waals surface area contributed by atoms with Crippen LogP contribution in [0.2, 0.25) is 0 Å². The summed E-state index contributed by atoms with van der Waals surface area (Å²) in [5, 5.41) is 19.7. The highest BCUT2D eigenvalue weighted by atomic mass is 16.3. The molecule has 3 aromatic rings. The Balaban J connectivity index is 1.58. The molecule has 0 aliphatic carbocycles. The summed E-state index contributed by atoms with van der Waals surface area (Å²) in [4.78, 5) is 15.4. The van der Waals surface area contributed by atoms with Crippen LogP contribution in [0.25, 0.3) is 5.65 Å². The molecule has 1 fully saturated rings. The van der Waals surface area contributed by atoms with Gasteiger partial charge in [-0.2, -0.15) is 0 Å². The molecule has 6 nitrogen and oxygen atoms in total. The minimum absolute atomic E-state index is 0.0329. The van der Waals surface area contributed by atoms with Gasteiger partial charge in [0.05, 0.1) is 0 Å². The van der Waals surface area contributed by atoms with E-state index >= 15 is 0 Å². The fourth-order valence-electron chi connectivity index (χ4n) is 4.56. The molecule has 1 aliphatic heterocycles. The third-order valence-electron chi connectivity index (χ3n) is 6.46. The lowest BCUT2D eigenvalue weighted by Crippen LogP contribution is -2.38. The standard InChI is InChI=1S/C26H34N4O2/c1-25(2,3)19-15-18(16-20(22(19)31)26(4,5)6)24(32)29-13-10-17(11-14-29)23-28-27-21-9-7-8-12-30(21)23/h7-9,12,15-17,31H,10-11,13-14H2,1-6H3. The molecule has 4 rings (SSSR count). The minimum Gasteiger partial charge on any atom is -0.507 e. The van der Waals surface area contributed by atoms with Crippen LogP contribution >= 0.6 is 0 Å². The van der Waals surface area contributed by atoms with Gasteiger partial charge in [0.1, 0.15) is 11.6 Å². The fourth-order valence-corrected chi connectivity index (χ4v) is 4.56. The molecule has 0 bridgehead atoms. The highest BCUT2D eigenvalue weighted by Gasteiger charge is 2.31. The van der Waals surface area contributed by atoms with Crippen LogP contribution in [0.3, 0.4) is 0 Å². The van der Waals surface area contributed by atoms with Crippen LogP contribution in [0.5, 0.6) is 5.75 Å². The average Bonchev–Trinajstić information content (AvgIpc) is 3.16. The van der Waals surface area contributed by atoms with Gasteiger partial charge in [-0.1, -0.05) is 47.6 Å². The Kier molecular flexibility index (Phi) is 5.51. The number of pyridine rings is 1. The van der Waals surface area contributed by atoms with Crippen molar-refractivity contribution in [2.24, 2.45) is 0 Å². The van der Waals surface area contributed by atoms with Crippen molar-refractivity contribution in [3.63, 3.8) is 0 Å². The first-order valence-electron chi connectivity index (χ1n) is 11.4. The first-order chi connectivity index (χ1) is 15.0.